The fourth-order valence-electron chi connectivity index (χ4n) is 2.14. The summed E-state index contributed by atoms with van der Waals surface area (Å²) >= 11 is 1.14. The highest BCUT2D eigenvalue weighted by Crippen LogP contribution is 2.30. The first kappa shape index (κ1) is 16.8. The van der Waals surface area contributed by atoms with E-state index in [2.05, 4.69) is 15.0 Å². The molecule has 3 rings (SSSR count). The van der Waals surface area contributed by atoms with Crippen LogP contribution in [0.4, 0.5) is 18.9 Å². The van der Waals surface area contributed by atoms with Crippen LogP contribution < -0.4 is 15.6 Å². The number of hydrogen-bond donors (Lipinski definition) is 3. The number of thiophene rings is 1. The van der Waals surface area contributed by atoms with Crippen LogP contribution in [0.25, 0.3) is 10.2 Å². The number of alkyl halides is 3. The van der Waals surface area contributed by atoms with Crippen LogP contribution in [0.1, 0.15) is 10.4 Å². The second kappa shape index (κ2) is 6.13. The zero-order chi connectivity index (χ0) is 18.2. The zero-order valence-corrected chi connectivity index (χ0v) is 13.0. The molecule has 0 unspecified atom stereocenters. The number of carbonyl (C=O) groups is 1. The van der Waals surface area contributed by atoms with Gasteiger partial charge < -0.3 is 20.1 Å². The number of rotatable bonds is 3. The molecule has 6 nitrogen and oxygen atoms in total. The SMILES string of the molecule is O=C(Nc1ccc(OC(F)(F)F)cc1)c1c(O)c2sccc2[nH]c1=O. The first-order valence-electron chi connectivity index (χ1n) is 6.74. The molecule has 10 heteroatoms. The van der Waals surface area contributed by atoms with E-state index >= 15 is 0 Å². The van der Waals surface area contributed by atoms with Crippen LogP contribution in [0.15, 0.2) is 40.5 Å². The molecule has 0 saturated carbocycles. The van der Waals surface area contributed by atoms with Gasteiger partial charge in [0.1, 0.15) is 11.3 Å². The van der Waals surface area contributed by atoms with Gasteiger partial charge in [-0.3, -0.25) is 9.59 Å². The van der Waals surface area contributed by atoms with Crippen molar-refractivity contribution in [3.8, 4) is 11.5 Å². The summed E-state index contributed by atoms with van der Waals surface area (Å²) in [4.78, 5) is 26.7. The molecule has 0 fully saturated rings. The maximum absolute atomic E-state index is 12.2. The van der Waals surface area contributed by atoms with E-state index in [0.717, 1.165) is 23.5 Å². The average molecular weight is 370 g/mol. The van der Waals surface area contributed by atoms with Crippen LogP contribution >= 0.6 is 11.3 Å². The minimum atomic E-state index is -4.82. The number of ether oxygens (including phenoxy) is 1. The third-order valence-electron chi connectivity index (χ3n) is 3.17. The Morgan fingerprint density at radius 3 is 2.52 bits per heavy atom. The highest BCUT2D eigenvalue weighted by atomic mass is 32.1. The number of H-pyrrole nitrogens is 1. The van der Waals surface area contributed by atoms with Crippen molar-refractivity contribution in [2.24, 2.45) is 0 Å². The third-order valence-corrected chi connectivity index (χ3v) is 4.09. The normalized spacial score (nSPS) is 11.5. The van der Waals surface area contributed by atoms with Crippen molar-refractivity contribution >= 4 is 33.1 Å². The molecule has 2 heterocycles. The number of nitrogens with one attached hydrogen (secondary N) is 2. The van der Waals surface area contributed by atoms with Gasteiger partial charge in [0.15, 0.2) is 5.75 Å². The van der Waals surface area contributed by atoms with Crippen molar-refractivity contribution in [1.29, 1.82) is 0 Å². The van der Waals surface area contributed by atoms with Gasteiger partial charge in [-0.2, -0.15) is 0 Å². The monoisotopic (exact) mass is 370 g/mol. The summed E-state index contributed by atoms with van der Waals surface area (Å²) in [5.74, 6) is -1.80. The number of pyridine rings is 1. The molecule has 1 amide bonds. The average Bonchev–Trinajstić information content (AvgIpc) is 2.96. The Labute approximate surface area is 141 Å². The van der Waals surface area contributed by atoms with Gasteiger partial charge in [-0.15, -0.1) is 24.5 Å². The number of aromatic amines is 1. The van der Waals surface area contributed by atoms with Gasteiger partial charge in [-0.25, -0.2) is 0 Å². The van der Waals surface area contributed by atoms with Gasteiger partial charge in [0.2, 0.25) is 0 Å². The Kier molecular flexibility index (Phi) is 4.13. The van der Waals surface area contributed by atoms with Gasteiger partial charge >= 0.3 is 6.36 Å². The number of benzene rings is 1. The van der Waals surface area contributed by atoms with Crippen molar-refractivity contribution in [2.45, 2.75) is 6.36 Å². The molecule has 0 atom stereocenters. The zero-order valence-electron chi connectivity index (χ0n) is 12.2. The minimum absolute atomic E-state index is 0.129. The largest absolute Gasteiger partial charge is 0.573 e. The standard InChI is InChI=1S/C15H9F3N2O4S/c16-15(17,18)24-8-3-1-7(2-4-8)19-13(22)10-11(21)12-9(5-6-25-12)20-14(10)23/h1-6H,(H,19,22)(H2,20,21,23). The molecule has 0 saturated heterocycles. The summed E-state index contributed by atoms with van der Waals surface area (Å²) in [6.07, 6.45) is -4.82. The molecule has 0 bridgehead atoms. The van der Waals surface area contributed by atoms with Crippen LogP contribution in [-0.4, -0.2) is 22.4 Å². The molecule has 0 aliphatic rings. The van der Waals surface area contributed by atoms with Crippen molar-refractivity contribution in [1.82, 2.24) is 4.98 Å². The van der Waals surface area contributed by atoms with Crippen molar-refractivity contribution < 1.29 is 27.8 Å². The van der Waals surface area contributed by atoms with E-state index in [1.54, 1.807) is 11.4 Å². The van der Waals surface area contributed by atoms with E-state index in [1.807, 2.05) is 0 Å². The second-order valence-electron chi connectivity index (χ2n) is 4.87. The molecular weight excluding hydrogens is 361 g/mol. The van der Waals surface area contributed by atoms with Gasteiger partial charge in [0, 0.05) is 5.69 Å². The number of hydrogen-bond acceptors (Lipinski definition) is 5. The van der Waals surface area contributed by atoms with Crippen LogP contribution in [-0.2, 0) is 0 Å². The van der Waals surface area contributed by atoms with E-state index in [1.165, 1.54) is 12.1 Å². The van der Waals surface area contributed by atoms with Crippen molar-refractivity contribution in [3.63, 3.8) is 0 Å². The first-order chi connectivity index (χ1) is 11.7. The fourth-order valence-corrected chi connectivity index (χ4v) is 2.94. The molecular formula is C15H9F3N2O4S. The van der Waals surface area contributed by atoms with E-state index in [4.69, 9.17) is 0 Å². The first-order valence-corrected chi connectivity index (χ1v) is 7.62. The smallest absolute Gasteiger partial charge is 0.505 e. The van der Waals surface area contributed by atoms with Crippen LogP contribution in [0.5, 0.6) is 11.5 Å². The molecule has 0 spiro atoms. The Balaban J connectivity index is 1.84. The summed E-state index contributed by atoms with van der Waals surface area (Å²) in [6, 6.07) is 5.95. The number of fused-ring (bicyclic) bond motifs is 1. The van der Waals surface area contributed by atoms with Crippen LogP contribution in [0, 0.1) is 0 Å². The number of aromatic nitrogens is 1. The summed E-state index contributed by atoms with van der Waals surface area (Å²) in [6.45, 7) is 0. The molecule has 1 aromatic carbocycles. The van der Waals surface area contributed by atoms with Crippen LogP contribution in [0.2, 0.25) is 0 Å². The summed E-state index contributed by atoms with van der Waals surface area (Å²) in [5, 5.41) is 14.1. The molecule has 0 aliphatic heterocycles. The Morgan fingerprint density at radius 1 is 1.20 bits per heavy atom. The molecule has 25 heavy (non-hydrogen) atoms. The third kappa shape index (κ3) is 3.58. The maximum atomic E-state index is 12.2. The number of amides is 1. The number of anilines is 1. The van der Waals surface area contributed by atoms with E-state index in [0.29, 0.717) is 10.2 Å². The molecule has 130 valence electrons. The highest BCUT2D eigenvalue weighted by molar-refractivity contribution is 7.17. The van der Waals surface area contributed by atoms with Gasteiger partial charge in [0.25, 0.3) is 11.5 Å². The minimum Gasteiger partial charge on any atom is -0.505 e. The second-order valence-corrected chi connectivity index (χ2v) is 5.78. The molecule has 3 N–H and O–H groups in total. The van der Waals surface area contributed by atoms with E-state index in [9.17, 15) is 27.9 Å². The lowest BCUT2D eigenvalue weighted by atomic mass is 10.2. The number of aromatic hydroxyl groups is 1. The topological polar surface area (TPSA) is 91.4 Å². The summed E-state index contributed by atoms with van der Waals surface area (Å²) < 4.78 is 40.4. The van der Waals surface area contributed by atoms with E-state index in [-0.39, 0.29) is 5.69 Å². The predicted octanol–water partition coefficient (Wildman–Crippen LogP) is 3.45. The lowest BCUT2D eigenvalue weighted by Crippen LogP contribution is -2.23. The Hall–Kier alpha value is -3.01. The maximum Gasteiger partial charge on any atom is 0.573 e. The van der Waals surface area contributed by atoms with Crippen molar-refractivity contribution in [2.75, 3.05) is 5.32 Å². The number of carbonyl (C=O) groups excluding carboxylic acids is 1. The number of halogens is 3. The molecule has 0 aliphatic carbocycles. The predicted molar refractivity (Wildman–Crippen MR) is 85.2 cm³/mol. The van der Waals surface area contributed by atoms with Gasteiger partial charge in [-0.05, 0) is 35.7 Å². The Bertz CT molecular complexity index is 993. The van der Waals surface area contributed by atoms with E-state index < -0.39 is 34.9 Å². The lowest BCUT2D eigenvalue weighted by Gasteiger charge is -2.10. The molecule has 2 aromatic heterocycles. The quantitative estimate of drug-likeness (QED) is 0.659. The van der Waals surface area contributed by atoms with Crippen LogP contribution in [0.3, 0.4) is 0 Å². The van der Waals surface area contributed by atoms with Gasteiger partial charge in [0.05, 0.1) is 10.2 Å². The lowest BCUT2D eigenvalue weighted by molar-refractivity contribution is -0.274. The summed E-state index contributed by atoms with van der Waals surface area (Å²) in [7, 11) is 0. The Morgan fingerprint density at radius 2 is 1.88 bits per heavy atom. The van der Waals surface area contributed by atoms with Gasteiger partial charge in [-0.1, -0.05) is 0 Å². The fraction of sp³-hybridized carbons (Fsp3) is 0.0667. The van der Waals surface area contributed by atoms with Crippen molar-refractivity contribution in [3.05, 3.63) is 51.6 Å². The summed E-state index contributed by atoms with van der Waals surface area (Å²) in [5.41, 5.74) is -0.731. The molecule has 3 aromatic rings. The highest BCUT2D eigenvalue weighted by Gasteiger charge is 2.31. The molecule has 0 radical (unpaired) electrons.